The van der Waals surface area contributed by atoms with Crippen molar-refractivity contribution in [3.8, 4) is 0 Å². The van der Waals surface area contributed by atoms with E-state index in [4.69, 9.17) is 46.9 Å². The number of ether oxygens (including phenoxy) is 5. The number of amides is 1. The van der Waals surface area contributed by atoms with Gasteiger partial charge in [0.1, 0.15) is 18.0 Å². The minimum absolute atomic E-state index is 0.107. The predicted molar refractivity (Wildman–Crippen MR) is 199 cm³/mol. The van der Waals surface area contributed by atoms with Crippen molar-refractivity contribution in [1.82, 2.24) is 9.80 Å². The van der Waals surface area contributed by atoms with Crippen LogP contribution in [0.15, 0.2) is 29.8 Å². The summed E-state index contributed by atoms with van der Waals surface area (Å²) in [6, 6.07) is 4.33. The van der Waals surface area contributed by atoms with Crippen LogP contribution in [0.4, 0.5) is 4.79 Å². The molecule has 0 saturated carbocycles. The van der Waals surface area contributed by atoms with E-state index in [9.17, 15) is 19.5 Å². The second-order valence-electron chi connectivity index (χ2n) is 15.6. The lowest BCUT2D eigenvalue weighted by Gasteiger charge is -2.47. The van der Waals surface area contributed by atoms with Gasteiger partial charge in [-0.15, -0.1) is 0 Å². The predicted octanol–water partition coefficient (Wildman–Crippen LogP) is 6.48. The van der Waals surface area contributed by atoms with Crippen LogP contribution < -0.4 is 0 Å². The molecule has 292 valence electrons. The molecule has 0 spiro atoms. The maximum Gasteiger partial charge on any atom is 0.410 e. The molecule has 2 saturated heterocycles. The average Bonchev–Trinajstić information content (AvgIpc) is 3.35. The highest BCUT2D eigenvalue weighted by Crippen LogP contribution is 2.43. The molecule has 12 atom stereocenters. The molecule has 1 unspecified atom stereocenters. The molecule has 4 rings (SSSR count). The Kier molecular flexibility index (Phi) is 13.9. The minimum atomic E-state index is -1.34. The normalized spacial score (nSPS) is 39.0. The number of benzene rings is 1. The highest BCUT2D eigenvalue weighted by molar-refractivity contribution is 6.42. The number of carbonyl (C=O) groups excluding carboxylic acids is 3. The van der Waals surface area contributed by atoms with Gasteiger partial charge >= 0.3 is 12.1 Å². The van der Waals surface area contributed by atoms with Gasteiger partial charge in [0.05, 0.1) is 33.9 Å². The molecule has 3 aliphatic rings. The Bertz CT molecular complexity index is 1490. The number of nitrogens with zero attached hydrogens (tertiary/aromatic N) is 2. The van der Waals surface area contributed by atoms with Crippen molar-refractivity contribution in [1.29, 1.82) is 0 Å². The van der Waals surface area contributed by atoms with Crippen LogP contribution in [0.5, 0.6) is 0 Å². The molecular weight excluding hydrogens is 711 g/mol. The van der Waals surface area contributed by atoms with Crippen LogP contribution >= 0.6 is 23.2 Å². The van der Waals surface area contributed by atoms with Crippen LogP contribution in [0.2, 0.25) is 10.0 Å². The quantitative estimate of drug-likeness (QED) is 0.294. The number of esters is 1. The Morgan fingerprint density at radius 2 is 1.75 bits per heavy atom. The van der Waals surface area contributed by atoms with Crippen LogP contribution in [-0.4, -0.2) is 114 Å². The first-order valence-electron chi connectivity index (χ1n) is 18.3. The smallest absolute Gasteiger partial charge is 0.410 e. The summed E-state index contributed by atoms with van der Waals surface area (Å²) in [4.78, 5) is 45.7. The third-order valence-corrected chi connectivity index (χ3v) is 12.1. The minimum Gasteiger partial charge on any atom is -0.455 e. The monoisotopic (exact) mass is 768 g/mol. The van der Waals surface area contributed by atoms with Crippen molar-refractivity contribution >= 4 is 41.0 Å². The summed E-state index contributed by atoms with van der Waals surface area (Å²) in [7, 11) is 5.38. The number of aliphatic hydroxyl groups is 1. The third-order valence-electron chi connectivity index (χ3n) is 11.4. The van der Waals surface area contributed by atoms with Crippen LogP contribution in [-0.2, 0) is 39.7 Å². The lowest BCUT2D eigenvalue weighted by atomic mass is 9.74. The number of likely N-dealkylation sites (N-methyl/N-ethyl adjacent to an activating group) is 1. The first-order chi connectivity index (χ1) is 24.3. The SMILES string of the molecule is CCC1OC(=O)/C(C)=C/[C@H](C)[C@@H](O[C@@H]2O[C@H](C)C[C@H](N(C)C)[C@H]2O)[C@](C)(OC)C[C@@H](C)C(=O)[C@H](C)[C@H]2N(CCc3ccc(Cl)c(Cl)c3)C(=O)O[C@]12C. The van der Waals surface area contributed by atoms with Crippen molar-refractivity contribution in [2.75, 3.05) is 27.7 Å². The molecule has 1 aromatic rings. The van der Waals surface area contributed by atoms with Gasteiger partial charge in [-0.2, -0.15) is 0 Å². The lowest BCUT2D eigenvalue weighted by molar-refractivity contribution is -0.294. The number of hydrogen-bond acceptors (Lipinski definition) is 10. The Labute approximate surface area is 319 Å². The van der Waals surface area contributed by atoms with E-state index in [1.807, 2.05) is 59.7 Å². The fraction of sp³-hybridized carbons (Fsp3) is 0.718. The Hall–Kier alpha value is -2.25. The second-order valence-corrected chi connectivity index (χ2v) is 16.5. The molecule has 2 fully saturated rings. The number of carbonyl (C=O) groups is 3. The van der Waals surface area contributed by atoms with Gasteiger partial charge in [0.15, 0.2) is 11.9 Å². The van der Waals surface area contributed by atoms with Crippen LogP contribution in [0, 0.1) is 17.8 Å². The molecule has 11 nitrogen and oxygen atoms in total. The maximum absolute atomic E-state index is 14.6. The van der Waals surface area contributed by atoms with Crippen molar-refractivity contribution in [2.24, 2.45) is 17.8 Å². The fourth-order valence-electron chi connectivity index (χ4n) is 8.56. The molecule has 1 aromatic carbocycles. The molecule has 0 bridgehead atoms. The molecule has 0 aliphatic carbocycles. The molecule has 3 heterocycles. The van der Waals surface area contributed by atoms with Crippen molar-refractivity contribution in [2.45, 2.75) is 135 Å². The van der Waals surface area contributed by atoms with Gasteiger partial charge in [0, 0.05) is 43.0 Å². The number of Topliss-reactive ketones (excluding diaryl/α,β-unsaturated/α-hetero) is 1. The van der Waals surface area contributed by atoms with E-state index in [1.165, 1.54) is 0 Å². The highest BCUT2D eigenvalue weighted by atomic mass is 35.5. The summed E-state index contributed by atoms with van der Waals surface area (Å²) in [5.41, 5.74) is -1.23. The molecule has 3 aliphatic heterocycles. The first-order valence-corrected chi connectivity index (χ1v) is 19.1. The molecule has 1 amide bonds. The van der Waals surface area contributed by atoms with E-state index in [-0.39, 0.29) is 30.9 Å². The van der Waals surface area contributed by atoms with Gasteiger partial charge in [-0.3, -0.25) is 9.69 Å². The van der Waals surface area contributed by atoms with E-state index < -0.39 is 71.7 Å². The van der Waals surface area contributed by atoms with Gasteiger partial charge in [-0.25, -0.2) is 9.59 Å². The first kappa shape index (κ1) is 42.5. The molecular formula is C39H58Cl2N2O9. The van der Waals surface area contributed by atoms with Gasteiger partial charge < -0.3 is 33.7 Å². The Balaban J connectivity index is 1.76. The number of methoxy groups -OCH3 is 1. The van der Waals surface area contributed by atoms with Gasteiger partial charge in [-0.05, 0) is 85.2 Å². The number of halogens is 2. The lowest BCUT2D eigenvalue weighted by Crippen LogP contribution is -2.59. The number of ketones is 1. The fourth-order valence-corrected chi connectivity index (χ4v) is 8.88. The van der Waals surface area contributed by atoms with Gasteiger partial charge in [0.25, 0.3) is 0 Å². The standard InChI is InChI=1S/C39H58Cl2N2O9/c1-12-30-39(8)33(43(37(47)52-39)16-15-26-13-14-27(40)28(41)19-26)25(6)31(44)23(4)20-38(7,48-11)34(21(2)17-22(3)35(46)50-30)51-36-32(45)29(42(9)10)18-24(5)49-36/h13-14,17,19,21,23-25,29-30,32-34,36,45H,12,15-16,18,20H2,1-11H3/b22-17+/t21-,23+,24+,25-,29-,30?,32+,33+,34+,36-,38+,39+/m0/s1. The Morgan fingerprint density at radius 1 is 1.08 bits per heavy atom. The molecule has 0 aromatic heterocycles. The van der Waals surface area contributed by atoms with Gasteiger partial charge in [0.2, 0.25) is 0 Å². The molecule has 13 heteroatoms. The third kappa shape index (κ3) is 8.82. The second kappa shape index (κ2) is 17.0. The van der Waals surface area contributed by atoms with Crippen molar-refractivity contribution < 1.29 is 43.2 Å². The van der Waals surface area contributed by atoms with Crippen molar-refractivity contribution in [3.05, 3.63) is 45.5 Å². The summed E-state index contributed by atoms with van der Waals surface area (Å²) >= 11 is 12.4. The zero-order chi connectivity index (χ0) is 38.9. The number of aliphatic hydroxyl groups excluding tert-OH is 1. The largest absolute Gasteiger partial charge is 0.455 e. The maximum atomic E-state index is 14.6. The highest BCUT2D eigenvalue weighted by Gasteiger charge is 2.60. The van der Waals surface area contributed by atoms with E-state index in [2.05, 4.69) is 0 Å². The summed E-state index contributed by atoms with van der Waals surface area (Å²) < 4.78 is 31.4. The number of rotatable bonds is 8. The average molecular weight is 770 g/mol. The zero-order valence-corrected chi connectivity index (χ0v) is 34.0. The van der Waals surface area contributed by atoms with Crippen LogP contribution in [0.3, 0.4) is 0 Å². The summed E-state index contributed by atoms with van der Waals surface area (Å²) in [6.45, 7) is 14.9. The number of cyclic esters (lactones) is 1. The van der Waals surface area contributed by atoms with Crippen molar-refractivity contribution in [3.63, 3.8) is 0 Å². The topological polar surface area (TPSA) is 124 Å². The summed E-state index contributed by atoms with van der Waals surface area (Å²) in [5, 5.41) is 12.2. The number of hydrogen-bond donors (Lipinski definition) is 1. The molecule has 0 radical (unpaired) electrons. The Morgan fingerprint density at radius 3 is 2.35 bits per heavy atom. The summed E-state index contributed by atoms with van der Waals surface area (Å²) in [6.07, 6.45) is -0.945. The zero-order valence-electron chi connectivity index (χ0n) is 32.5. The van der Waals surface area contributed by atoms with Crippen LogP contribution in [0.25, 0.3) is 0 Å². The van der Waals surface area contributed by atoms with E-state index in [0.29, 0.717) is 34.9 Å². The number of fused-ring (bicyclic) bond motifs is 1. The van der Waals surface area contributed by atoms with E-state index >= 15 is 0 Å². The van der Waals surface area contributed by atoms with Gasteiger partial charge in [-0.1, -0.05) is 63.0 Å². The van der Waals surface area contributed by atoms with E-state index in [0.717, 1.165) is 5.56 Å². The molecule has 1 N–H and O–H groups in total. The molecule has 52 heavy (non-hydrogen) atoms. The van der Waals surface area contributed by atoms with E-state index in [1.54, 1.807) is 51.0 Å². The summed E-state index contributed by atoms with van der Waals surface area (Å²) in [5.74, 6) is -2.42. The van der Waals surface area contributed by atoms with Crippen LogP contribution in [0.1, 0.15) is 80.2 Å².